The van der Waals surface area contributed by atoms with Crippen LogP contribution in [0.3, 0.4) is 0 Å². The zero-order valence-electron chi connectivity index (χ0n) is 21.6. The van der Waals surface area contributed by atoms with E-state index in [4.69, 9.17) is 9.47 Å². The average molecular weight is 551 g/mol. The molecular formula is C32H26F4O4. The van der Waals surface area contributed by atoms with Crippen LogP contribution in [0.2, 0.25) is 0 Å². The van der Waals surface area contributed by atoms with Gasteiger partial charge in [-0.25, -0.2) is 0 Å². The molecule has 0 aliphatic carbocycles. The summed E-state index contributed by atoms with van der Waals surface area (Å²) in [7, 11) is 0. The molecule has 40 heavy (non-hydrogen) atoms. The lowest BCUT2D eigenvalue weighted by Gasteiger charge is -2.24. The highest BCUT2D eigenvalue weighted by Gasteiger charge is 2.66. The van der Waals surface area contributed by atoms with Crippen LogP contribution >= 0.6 is 0 Å². The lowest BCUT2D eigenvalue weighted by atomic mass is 9.94. The highest BCUT2D eigenvalue weighted by atomic mass is 19.3. The van der Waals surface area contributed by atoms with Crippen molar-refractivity contribution in [2.75, 3.05) is 0 Å². The molecule has 0 bridgehead atoms. The fraction of sp³-hybridized carbons (Fsp3) is 0.188. The van der Waals surface area contributed by atoms with Crippen LogP contribution in [0.15, 0.2) is 103 Å². The molecule has 0 radical (unpaired) electrons. The molecule has 0 amide bonds. The van der Waals surface area contributed by atoms with Crippen LogP contribution in [-0.2, 0) is 6.42 Å². The summed E-state index contributed by atoms with van der Waals surface area (Å²) in [4.78, 5) is 24.9. The van der Waals surface area contributed by atoms with E-state index in [1.165, 1.54) is 24.3 Å². The van der Waals surface area contributed by atoms with Gasteiger partial charge < -0.3 is 9.47 Å². The summed E-state index contributed by atoms with van der Waals surface area (Å²) in [5, 5.41) is 0. The maximum Gasteiger partial charge on any atom is 0.379 e. The summed E-state index contributed by atoms with van der Waals surface area (Å²) in [6.45, 7) is 2.08. The normalized spacial score (nSPS) is 11.6. The SMILES string of the molecule is CCCCc1cccc(Oc2ccc(C(=O)C(F)(F)C(F)(F)C(=O)c3ccc(Oc4ccccc4)cc3)cc2)c1. The summed E-state index contributed by atoms with van der Waals surface area (Å²) in [5.74, 6) is -13.5. The second kappa shape index (κ2) is 12.2. The predicted octanol–water partition coefficient (Wildman–Crippen LogP) is 8.95. The third-order valence-corrected chi connectivity index (χ3v) is 6.13. The van der Waals surface area contributed by atoms with E-state index >= 15 is 0 Å². The van der Waals surface area contributed by atoms with Gasteiger partial charge in [0, 0.05) is 11.1 Å². The molecule has 0 aliphatic heterocycles. The first-order chi connectivity index (χ1) is 19.1. The summed E-state index contributed by atoms with van der Waals surface area (Å²) in [6.07, 6.45) is 2.91. The highest BCUT2D eigenvalue weighted by molar-refractivity contribution is 6.10. The Labute approximate surface area is 229 Å². The van der Waals surface area contributed by atoms with Gasteiger partial charge in [0.2, 0.25) is 11.6 Å². The number of benzene rings is 4. The molecular weight excluding hydrogens is 524 g/mol. The molecule has 0 atom stereocenters. The molecule has 0 spiro atoms. The summed E-state index contributed by atoms with van der Waals surface area (Å²) >= 11 is 0. The van der Waals surface area contributed by atoms with Crippen LogP contribution in [0.5, 0.6) is 23.0 Å². The van der Waals surface area contributed by atoms with Gasteiger partial charge >= 0.3 is 11.8 Å². The standard InChI is InChI=1S/C32H26F4O4/c1-2-3-8-22-9-7-12-28(21-22)40-27-19-15-24(16-20-27)30(38)32(35,36)31(33,34)29(37)23-13-17-26(18-14-23)39-25-10-5-4-6-11-25/h4-7,9-21H,2-3,8H2,1H3. The summed E-state index contributed by atoms with van der Waals surface area (Å²) in [5.41, 5.74) is -0.313. The van der Waals surface area contributed by atoms with Gasteiger partial charge in [0.25, 0.3) is 0 Å². The predicted molar refractivity (Wildman–Crippen MR) is 143 cm³/mol. The van der Waals surface area contributed by atoms with Gasteiger partial charge in [-0.15, -0.1) is 0 Å². The number of rotatable bonds is 12. The largest absolute Gasteiger partial charge is 0.457 e. The van der Waals surface area contributed by atoms with Crippen molar-refractivity contribution in [3.63, 3.8) is 0 Å². The Morgan fingerprint density at radius 2 is 1.05 bits per heavy atom. The minimum atomic E-state index is -5.29. The molecule has 4 nitrogen and oxygen atoms in total. The molecule has 0 heterocycles. The number of unbranched alkanes of at least 4 members (excludes halogenated alkanes) is 1. The molecule has 0 aliphatic rings. The van der Waals surface area contributed by atoms with E-state index in [-0.39, 0.29) is 11.5 Å². The first kappa shape index (κ1) is 28.5. The molecule has 4 aromatic rings. The molecule has 0 aromatic heterocycles. The van der Waals surface area contributed by atoms with E-state index in [0.29, 0.717) is 11.5 Å². The van der Waals surface area contributed by atoms with Crippen molar-refractivity contribution in [2.45, 2.75) is 38.0 Å². The number of ketones is 2. The fourth-order valence-electron chi connectivity index (χ4n) is 3.90. The number of alkyl halides is 4. The van der Waals surface area contributed by atoms with Gasteiger partial charge in [-0.2, -0.15) is 17.6 Å². The van der Waals surface area contributed by atoms with E-state index in [1.807, 2.05) is 18.2 Å². The van der Waals surface area contributed by atoms with Gasteiger partial charge in [-0.1, -0.05) is 43.7 Å². The summed E-state index contributed by atoms with van der Waals surface area (Å²) < 4.78 is 70.4. The number of aryl methyl sites for hydroxylation is 1. The minimum Gasteiger partial charge on any atom is -0.457 e. The second-order valence-electron chi connectivity index (χ2n) is 9.12. The van der Waals surface area contributed by atoms with Crippen LogP contribution in [0.25, 0.3) is 0 Å². The van der Waals surface area contributed by atoms with Crippen molar-refractivity contribution < 1.29 is 36.6 Å². The highest BCUT2D eigenvalue weighted by Crippen LogP contribution is 2.40. The van der Waals surface area contributed by atoms with Gasteiger partial charge in [0.05, 0.1) is 0 Å². The Hall–Kier alpha value is -4.46. The van der Waals surface area contributed by atoms with Crippen molar-refractivity contribution >= 4 is 11.6 Å². The average Bonchev–Trinajstić information content (AvgIpc) is 2.97. The van der Waals surface area contributed by atoms with Crippen molar-refractivity contribution in [3.05, 3.63) is 120 Å². The van der Waals surface area contributed by atoms with Crippen LogP contribution in [-0.4, -0.2) is 23.4 Å². The molecule has 4 rings (SSSR count). The number of carbonyl (C=O) groups is 2. The Kier molecular flexibility index (Phi) is 8.67. The van der Waals surface area contributed by atoms with Crippen LogP contribution in [0, 0.1) is 0 Å². The van der Waals surface area contributed by atoms with E-state index in [9.17, 15) is 27.2 Å². The quantitative estimate of drug-likeness (QED) is 0.131. The van der Waals surface area contributed by atoms with E-state index in [2.05, 4.69) is 6.92 Å². The number of carbonyl (C=O) groups excluding carboxylic acids is 2. The Bertz CT molecular complexity index is 1450. The van der Waals surface area contributed by atoms with Crippen molar-refractivity contribution in [1.82, 2.24) is 0 Å². The Morgan fingerprint density at radius 3 is 1.55 bits per heavy atom. The van der Waals surface area contributed by atoms with Gasteiger partial charge in [-0.3, -0.25) is 9.59 Å². The van der Waals surface area contributed by atoms with Gasteiger partial charge in [0.1, 0.15) is 23.0 Å². The van der Waals surface area contributed by atoms with Crippen LogP contribution in [0.1, 0.15) is 46.0 Å². The fourth-order valence-corrected chi connectivity index (χ4v) is 3.90. The molecule has 8 heteroatoms. The van der Waals surface area contributed by atoms with Crippen molar-refractivity contribution in [3.8, 4) is 23.0 Å². The number of ether oxygens (including phenoxy) is 2. The number of Topliss-reactive ketones (excluding diaryl/α,β-unsaturated/α-hetero) is 2. The number of halogens is 4. The third kappa shape index (κ3) is 6.39. The van der Waals surface area contributed by atoms with Crippen molar-refractivity contribution in [2.24, 2.45) is 0 Å². The minimum absolute atomic E-state index is 0.212. The molecule has 4 aromatic carbocycles. The van der Waals surface area contributed by atoms with E-state index in [0.717, 1.165) is 49.1 Å². The maximum absolute atomic E-state index is 14.8. The number of hydrogen-bond acceptors (Lipinski definition) is 4. The van der Waals surface area contributed by atoms with Crippen molar-refractivity contribution in [1.29, 1.82) is 0 Å². The molecule has 0 saturated carbocycles. The Balaban J connectivity index is 1.45. The van der Waals surface area contributed by atoms with Gasteiger partial charge in [-0.05, 0) is 91.2 Å². The molecule has 0 N–H and O–H groups in total. The second-order valence-corrected chi connectivity index (χ2v) is 9.12. The first-order valence-electron chi connectivity index (χ1n) is 12.7. The smallest absolute Gasteiger partial charge is 0.379 e. The molecule has 0 unspecified atom stereocenters. The van der Waals surface area contributed by atoms with Crippen LogP contribution in [0.4, 0.5) is 17.6 Å². The maximum atomic E-state index is 14.8. The van der Waals surface area contributed by atoms with Gasteiger partial charge in [0.15, 0.2) is 0 Å². The summed E-state index contributed by atoms with van der Waals surface area (Å²) in [6, 6.07) is 24.5. The topological polar surface area (TPSA) is 52.6 Å². The lowest BCUT2D eigenvalue weighted by Crippen LogP contribution is -2.52. The lowest BCUT2D eigenvalue weighted by molar-refractivity contribution is -0.147. The van der Waals surface area contributed by atoms with Crippen LogP contribution < -0.4 is 9.47 Å². The molecule has 0 saturated heterocycles. The third-order valence-electron chi connectivity index (χ3n) is 6.13. The molecule has 206 valence electrons. The zero-order valence-corrected chi connectivity index (χ0v) is 21.6. The monoisotopic (exact) mass is 550 g/mol. The number of hydrogen-bond donors (Lipinski definition) is 0. The zero-order chi connectivity index (χ0) is 28.8. The number of para-hydroxylation sites is 1. The first-order valence-corrected chi connectivity index (χ1v) is 12.7. The molecule has 0 fully saturated rings. The van der Waals surface area contributed by atoms with E-state index in [1.54, 1.807) is 36.4 Å². The Morgan fingerprint density at radius 1 is 0.600 bits per heavy atom. The van der Waals surface area contributed by atoms with E-state index < -0.39 is 34.5 Å².